The van der Waals surface area contributed by atoms with Crippen LogP contribution in [0.3, 0.4) is 0 Å². The van der Waals surface area contributed by atoms with Crippen LogP contribution in [0.5, 0.6) is 0 Å². The number of para-hydroxylation sites is 2. The summed E-state index contributed by atoms with van der Waals surface area (Å²) in [5.41, 5.74) is 1.73. The van der Waals surface area contributed by atoms with Crippen LogP contribution in [-0.2, 0) is 11.3 Å². The maximum absolute atomic E-state index is 10.0. The lowest BCUT2D eigenvalue weighted by molar-refractivity contribution is 0.0281. The molecule has 31 heavy (non-hydrogen) atoms. The van der Waals surface area contributed by atoms with Crippen LogP contribution in [0.25, 0.3) is 17.0 Å². The van der Waals surface area contributed by atoms with Gasteiger partial charge in [-0.3, -0.25) is 4.57 Å². The smallest absolute Gasteiger partial charge is 0.239 e. The van der Waals surface area contributed by atoms with Crippen molar-refractivity contribution in [1.29, 1.82) is 0 Å². The highest BCUT2D eigenvalue weighted by molar-refractivity contribution is 5.77. The number of aliphatic hydroxyl groups excluding tert-OH is 1. The summed E-state index contributed by atoms with van der Waals surface area (Å²) < 4.78 is 7.73. The lowest BCUT2D eigenvalue weighted by Gasteiger charge is -2.39. The van der Waals surface area contributed by atoms with Crippen LogP contribution in [0.2, 0.25) is 0 Å². The van der Waals surface area contributed by atoms with Crippen LogP contribution in [0.15, 0.2) is 30.3 Å². The number of rotatable bonds is 4. The summed E-state index contributed by atoms with van der Waals surface area (Å²) in [6.45, 7) is 7.59. The van der Waals surface area contributed by atoms with E-state index < -0.39 is 0 Å². The Hall–Kier alpha value is -2.71. The van der Waals surface area contributed by atoms with Gasteiger partial charge in [0.25, 0.3) is 0 Å². The summed E-state index contributed by atoms with van der Waals surface area (Å²) in [6.07, 6.45) is 3.75. The third kappa shape index (κ3) is 3.74. The SMILES string of the molecule is C[C@H]1OCCN(c2cc(N3CCCCC3)nc(-n3c(CO)nc4ccccc43)n2)[C@H]1C. The molecule has 1 aromatic carbocycles. The lowest BCUT2D eigenvalue weighted by atomic mass is 10.1. The standard InChI is InChI=1S/C23H30N6O2/c1-16-17(2)31-13-12-28(16)21-14-20(27-10-6-3-7-11-27)25-23(26-21)29-19-9-5-4-8-18(19)24-22(29)15-30/h4-5,8-9,14,16-17,30H,3,6-7,10-13,15H2,1-2H3/t16-,17+/m0/s1. The molecule has 2 atom stereocenters. The molecule has 0 aliphatic carbocycles. The molecule has 3 aromatic rings. The zero-order valence-corrected chi connectivity index (χ0v) is 18.2. The number of anilines is 2. The Morgan fingerprint density at radius 3 is 2.58 bits per heavy atom. The minimum Gasteiger partial charge on any atom is -0.388 e. The van der Waals surface area contributed by atoms with Crippen LogP contribution in [-0.4, -0.2) is 63.0 Å². The average Bonchev–Trinajstić information content (AvgIpc) is 3.20. The Morgan fingerprint density at radius 1 is 1.00 bits per heavy atom. The molecule has 0 unspecified atom stereocenters. The van der Waals surface area contributed by atoms with Gasteiger partial charge in [-0.2, -0.15) is 9.97 Å². The molecule has 1 N–H and O–H groups in total. The Bertz CT molecular complexity index is 1060. The molecule has 8 nitrogen and oxygen atoms in total. The molecule has 2 aliphatic rings. The summed E-state index contributed by atoms with van der Waals surface area (Å²) >= 11 is 0. The molecule has 2 aliphatic heterocycles. The average molecular weight is 423 g/mol. The largest absolute Gasteiger partial charge is 0.388 e. The molecule has 0 bridgehead atoms. The summed E-state index contributed by atoms with van der Waals surface area (Å²) in [7, 11) is 0. The van der Waals surface area contributed by atoms with Gasteiger partial charge in [0.05, 0.1) is 29.8 Å². The summed E-state index contributed by atoms with van der Waals surface area (Å²) in [5.74, 6) is 2.94. The van der Waals surface area contributed by atoms with E-state index in [0.29, 0.717) is 18.4 Å². The molecule has 0 spiro atoms. The number of aliphatic hydroxyl groups is 1. The molecule has 5 rings (SSSR count). The zero-order chi connectivity index (χ0) is 21.4. The van der Waals surface area contributed by atoms with Gasteiger partial charge in [-0.25, -0.2) is 4.98 Å². The molecule has 0 amide bonds. The van der Waals surface area contributed by atoms with Crippen molar-refractivity contribution < 1.29 is 9.84 Å². The van der Waals surface area contributed by atoms with Crippen molar-refractivity contribution in [2.24, 2.45) is 0 Å². The van der Waals surface area contributed by atoms with Gasteiger partial charge in [-0.15, -0.1) is 0 Å². The number of imidazole rings is 1. The van der Waals surface area contributed by atoms with E-state index in [1.165, 1.54) is 19.3 Å². The highest BCUT2D eigenvalue weighted by atomic mass is 16.5. The Morgan fingerprint density at radius 2 is 1.77 bits per heavy atom. The molecule has 4 heterocycles. The third-order valence-corrected chi connectivity index (χ3v) is 6.52. The molecule has 2 fully saturated rings. The van der Waals surface area contributed by atoms with E-state index in [0.717, 1.165) is 42.3 Å². The molecule has 2 saturated heterocycles. The van der Waals surface area contributed by atoms with Crippen molar-refractivity contribution in [3.8, 4) is 5.95 Å². The first-order valence-corrected chi connectivity index (χ1v) is 11.3. The van der Waals surface area contributed by atoms with Crippen molar-refractivity contribution in [3.05, 3.63) is 36.2 Å². The fourth-order valence-corrected chi connectivity index (χ4v) is 4.60. The zero-order valence-electron chi connectivity index (χ0n) is 18.2. The van der Waals surface area contributed by atoms with Crippen molar-refractivity contribution in [1.82, 2.24) is 19.5 Å². The number of ether oxygens (including phenoxy) is 1. The minimum atomic E-state index is -0.174. The van der Waals surface area contributed by atoms with Crippen LogP contribution in [0.4, 0.5) is 11.6 Å². The molecule has 8 heteroatoms. The van der Waals surface area contributed by atoms with E-state index in [9.17, 15) is 5.11 Å². The predicted molar refractivity (Wildman–Crippen MR) is 121 cm³/mol. The highest BCUT2D eigenvalue weighted by Crippen LogP contribution is 2.29. The van der Waals surface area contributed by atoms with Gasteiger partial charge in [0.1, 0.15) is 24.1 Å². The van der Waals surface area contributed by atoms with E-state index in [2.05, 4.69) is 34.7 Å². The van der Waals surface area contributed by atoms with Gasteiger partial charge in [0.2, 0.25) is 5.95 Å². The molecule has 0 saturated carbocycles. The summed E-state index contributed by atoms with van der Waals surface area (Å²) in [6, 6.07) is 10.2. The molecule has 2 aromatic heterocycles. The second-order valence-electron chi connectivity index (χ2n) is 8.45. The van der Waals surface area contributed by atoms with Gasteiger partial charge in [-0.05, 0) is 45.2 Å². The Kier molecular flexibility index (Phi) is 5.50. The van der Waals surface area contributed by atoms with Gasteiger partial charge in [0.15, 0.2) is 0 Å². The van der Waals surface area contributed by atoms with Crippen LogP contribution >= 0.6 is 0 Å². The Balaban J connectivity index is 1.67. The number of aromatic nitrogens is 4. The van der Waals surface area contributed by atoms with Crippen LogP contribution in [0, 0.1) is 0 Å². The fraction of sp³-hybridized carbons (Fsp3) is 0.522. The first kappa shape index (κ1) is 20.2. The maximum Gasteiger partial charge on any atom is 0.239 e. The number of fused-ring (bicyclic) bond motifs is 1. The number of nitrogens with zero attached hydrogens (tertiary/aromatic N) is 6. The van der Waals surface area contributed by atoms with E-state index in [1.807, 2.05) is 28.8 Å². The Labute approximate surface area is 182 Å². The van der Waals surface area contributed by atoms with E-state index in [4.69, 9.17) is 14.7 Å². The molecule has 164 valence electrons. The number of morpholine rings is 1. The third-order valence-electron chi connectivity index (χ3n) is 6.52. The van der Waals surface area contributed by atoms with Gasteiger partial charge in [0, 0.05) is 25.7 Å². The first-order valence-electron chi connectivity index (χ1n) is 11.3. The second kappa shape index (κ2) is 8.43. The van der Waals surface area contributed by atoms with Crippen LogP contribution in [0.1, 0.15) is 38.9 Å². The topological polar surface area (TPSA) is 79.5 Å². The summed E-state index contributed by atoms with van der Waals surface area (Å²) in [4.78, 5) is 19.2. The molecular weight excluding hydrogens is 392 g/mol. The second-order valence-corrected chi connectivity index (χ2v) is 8.45. The van der Waals surface area contributed by atoms with Crippen molar-refractivity contribution in [2.45, 2.75) is 51.9 Å². The lowest BCUT2D eigenvalue weighted by Crippen LogP contribution is -2.49. The molecule has 0 radical (unpaired) electrons. The number of hydrogen-bond donors (Lipinski definition) is 1. The van der Waals surface area contributed by atoms with Gasteiger partial charge in [-0.1, -0.05) is 12.1 Å². The predicted octanol–water partition coefficient (Wildman–Crippen LogP) is 2.91. The number of benzene rings is 1. The summed E-state index contributed by atoms with van der Waals surface area (Å²) in [5, 5.41) is 10.0. The van der Waals surface area contributed by atoms with Gasteiger partial charge >= 0.3 is 0 Å². The van der Waals surface area contributed by atoms with E-state index in [1.54, 1.807) is 0 Å². The molecular formula is C23H30N6O2. The van der Waals surface area contributed by atoms with Crippen molar-refractivity contribution >= 4 is 22.7 Å². The highest BCUT2D eigenvalue weighted by Gasteiger charge is 2.28. The van der Waals surface area contributed by atoms with Crippen LogP contribution < -0.4 is 9.80 Å². The quantitative estimate of drug-likeness (QED) is 0.692. The van der Waals surface area contributed by atoms with E-state index in [-0.39, 0.29) is 18.8 Å². The van der Waals surface area contributed by atoms with Gasteiger partial charge < -0.3 is 19.6 Å². The minimum absolute atomic E-state index is 0.132. The van der Waals surface area contributed by atoms with Crippen molar-refractivity contribution in [3.63, 3.8) is 0 Å². The number of piperidine rings is 1. The fourth-order valence-electron chi connectivity index (χ4n) is 4.60. The van der Waals surface area contributed by atoms with Crippen molar-refractivity contribution in [2.75, 3.05) is 36.0 Å². The normalized spacial score (nSPS) is 22.3. The monoisotopic (exact) mass is 422 g/mol. The van der Waals surface area contributed by atoms with E-state index >= 15 is 0 Å². The number of hydrogen-bond acceptors (Lipinski definition) is 7. The maximum atomic E-state index is 10.0. The first-order chi connectivity index (χ1) is 15.2.